The van der Waals surface area contributed by atoms with Crippen LogP contribution in [0.1, 0.15) is 10.4 Å². The van der Waals surface area contributed by atoms with Crippen LogP contribution in [-0.4, -0.2) is 37.8 Å². The number of methoxy groups -OCH3 is 2. The summed E-state index contributed by atoms with van der Waals surface area (Å²) in [6.07, 6.45) is -4.40. The standard InChI is InChI=1S/C12H12BrF3O4/c1-18-9-5-7(11(17)19-2)3-4-8(9)20-6-10(13)12(14,15)16/h3-5,10H,6H2,1-2H3. The maximum absolute atomic E-state index is 12.3. The van der Waals surface area contributed by atoms with Gasteiger partial charge in [-0.05, 0) is 18.2 Å². The summed E-state index contributed by atoms with van der Waals surface area (Å²) in [5.41, 5.74) is 0.211. The first-order chi connectivity index (χ1) is 9.29. The van der Waals surface area contributed by atoms with Gasteiger partial charge < -0.3 is 14.2 Å². The van der Waals surface area contributed by atoms with E-state index in [1.807, 2.05) is 0 Å². The Hall–Kier alpha value is -1.44. The van der Waals surface area contributed by atoms with Gasteiger partial charge in [-0.2, -0.15) is 13.2 Å². The number of ether oxygens (including phenoxy) is 3. The average Bonchev–Trinajstić information content (AvgIpc) is 2.42. The highest BCUT2D eigenvalue weighted by atomic mass is 79.9. The van der Waals surface area contributed by atoms with Crippen LogP contribution in [0.5, 0.6) is 11.5 Å². The number of hydrogen-bond donors (Lipinski definition) is 0. The molecule has 20 heavy (non-hydrogen) atoms. The van der Waals surface area contributed by atoms with Crippen molar-refractivity contribution in [3.63, 3.8) is 0 Å². The number of hydrogen-bond acceptors (Lipinski definition) is 4. The minimum absolute atomic E-state index is 0.105. The molecule has 0 spiro atoms. The molecule has 0 aliphatic heterocycles. The molecule has 0 aliphatic carbocycles. The number of benzene rings is 1. The van der Waals surface area contributed by atoms with Gasteiger partial charge in [-0.1, -0.05) is 15.9 Å². The van der Waals surface area contributed by atoms with E-state index in [4.69, 9.17) is 9.47 Å². The highest BCUT2D eigenvalue weighted by Crippen LogP contribution is 2.31. The van der Waals surface area contributed by atoms with Crippen LogP contribution in [0.3, 0.4) is 0 Å². The summed E-state index contributed by atoms with van der Waals surface area (Å²) in [5.74, 6) is -0.327. The van der Waals surface area contributed by atoms with E-state index >= 15 is 0 Å². The molecule has 8 heteroatoms. The average molecular weight is 357 g/mol. The second-order valence-electron chi connectivity index (χ2n) is 3.68. The van der Waals surface area contributed by atoms with Crippen molar-refractivity contribution in [1.82, 2.24) is 0 Å². The molecular formula is C12H12BrF3O4. The summed E-state index contributed by atoms with van der Waals surface area (Å²) in [4.78, 5) is 9.52. The molecule has 0 saturated carbocycles. The molecule has 1 atom stereocenters. The minimum atomic E-state index is -4.40. The SMILES string of the molecule is COC(=O)c1ccc(OCC(Br)C(F)(F)F)c(OC)c1. The van der Waals surface area contributed by atoms with Gasteiger partial charge in [-0.15, -0.1) is 0 Å². The summed E-state index contributed by atoms with van der Waals surface area (Å²) in [5, 5.41) is 0. The predicted octanol–water partition coefficient (Wildman–Crippen LogP) is 3.19. The van der Waals surface area contributed by atoms with E-state index in [0.717, 1.165) is 0 Å². The smallest absolute Gasteiger partial charge is 0.404 e. The van der Waals surface area contributed by atoms with Crippen LogP contribution < -0.4 is 9.47 Å². The maximum atomic E-state index is 12.3. The Kier molecular flexibility index (Phi) is 5.67. The fraction of sp³-hybridized carbons (Fsp3) is 0.417. The fourth-order valence-electron chi connectivity index (χ4n) is 1.29. The number of alkyl halides is 4. The molecule has 0 bridgehead atoms. The molecule has 1 unspecified atom stereocenters. The van der Waals surface area contributed by atoms with Crippen LogP contribution >= 0.6 is 15.9 Å². The van der Waals surface area contributed by atoms with E-state index in [1.54, 1.807) is 0 Å². The lowest BCUT2D eigenvalue weighted by Crippen LogP contribution is -2.28. The minimum Gasteiger partial charge on any atom is -0.493 e. The van der Waals surface area contributed by atoms with Gasteiger partial charge in [0.15, 0.2) is 11.5 Å². The summed E-state index contributed by atoms with van der Waals surface area (Å²) in [6.45, 7) is -0.614. The summed E-state index contributed by atoms with van der Waals surface area (Å²) in [7, 11) is 2.54. The van der Waals surface area contributed by atoms with Crippen molar-refractivity contribution in [2.75, 3.05) is 20.8 Å². The molecule has 0 aliphatic rings. The van der Waals surface area contributed by atoms with Gasteiger partial charge in [-0.25, -0.2) is 4.79 Å². The lowest BCUT2D eigenvalue weighted by Gasteiger charge is -2.16. The maximum Gasteiger partial charge on any atom is 0.404 e. The van der Waals surface area contributed by atoms with Crippen molar-refractivity contribution < 1.29 is 32.2 Å². The second-order valence-corrected chi connectivity index (χ2v) is 4.78. The number of halogens is 4. The third-order valence-electron chi connectivity index (χ3n) is 2.33. The van der Waals surface area contributed by atoms with Crippen molar-refractivity contribution in [3.05, 3.63) is 23.8 Å². The third-order valence-corrected chi connectivity index (χ3v) is 3.11. The molecule has 112 valence electrons. The van der Waals surface area contributed by atoms with E-state index in [-0.39, 0.29) is 17.1 Å². The highest BCUT2D eigenvalue weighted by Gasteiger charge is 2.38. The van der Waals surface area contributed by atoms with E-state index in [1.165, 1.54) is 32.4 Å². The van der Waals surface area contributed by atoms with Gasteiger partial charge in [0, 0.05) is 0 Å². The van der Waals surface area contributed by atoms with Gasteiger partial charge in [0.05, 0.1) is 19.8 Å². The van der Waals surface area contributed by atoms with Crippen LogP contribution in [-0.2, 0) is 4.74 Å². The van der Waals surface area contributed by atoms with Crippen molar-refractivity contribution in [2.24, 2.45) is 0 Å². The molecule has 0 heterocycles. The van der Waals surface area contributed by atoms with Crippen LogP contribution in [0.4, 0.5) is 13.2 Å². The monoisotopic (exact) mass is 356 g/mol. The molecule has 4 nitrogen and oxygen atoms in total. The Labute approximate surface area is 121 Å². The van der Waals surface area contributed by atoms with Gasteiger partial charge in [0.1, 0.15) is 11.4 Å². The molecule has 0 aromatic heterocycles. The van der Waals surface area contributed by atoms with Crippen LogP contribution in [0.15, 0.2) is 18.2 Å². The summed E-state index contributed by atoms with van der Waals surface area (Å²) >= 11 is 2.49. The molecule has 0 saturated heterocycles. The molecule has 1 aromatic rings. The second kappa shape index (κ2) is 6.83. The molecule has 0 amide bonds. The van der Waals surface area contributed by atoms with Gasteiger partial charge in [0.25, 0.3) is 0 Å². The normalized spacial score (nSPS) is 12.7. The van der Waals surface area contributed by atoms with E-state index in [2.05, 4.69) is 20.7 Å². The number of rotatable bonds is 5. The molecular weight excluding hydrogens is 345 g/mol. The van der Waals surface area contributed by atoms with Crippen molar-refractivity contribution >= 4 is 21.9 Å². The first kappa shape index (κ1) is 16.6. The number of esters is 1. The van der Waals surface area contributed by atoms with Gasteiger partial charge in [-0.3, -0.25) is 0 Å². The molecule has 1 rings (SSSR count). The molecule has 1 aromatic carbocycles. The number of carbonyl (C=O) groups excluding carboxylic acids is 1. The summed E-state index contributed by atoms with van der Waals surface area (Å²) in [6, 6.07) is 4.06. The zero-order chi connectivity index (χ0) is 15.3. The lowest BCUT2D eigenvalue weighted by atomic mass is 10.2. The molecule has 0 fully saturated rings. The van der Waals surface area contributed by atoms with Gasteiger partial charge in [0.2, 0.25) is 0 Å². The van der Waals surface area contributed by atoms with E-state index in [0.29, 0.717) is 0 Å². The first-order valence-corrected chi connectivity index (χ1v) is 6.31. The van der Waals surface area contributed by atoms with Crippen LogP contribution in [0.25, 0.3) is 0 Å². The van der Waals surface area contributed by atoms with E-state index in [9.17, 15) is 18.0 Å². The Morgan fingerprint density at radius 3 is 2.45 bits per heavy atom. The van der Waals surface area contributed by atoms with Crippen molar-refractivity contribution in [1.29, 1.82) is 0 Å². The van der Waals surface area contributed by atoms with Crippen LogP contribution in [0, 0.1) is 0 Å². The van der Waals surface area contributed by atoms with Crippen molar-refractivity contribution in [3.8, 4) is 11.5 Å². The summed E-state index contributed by atoms with van der Waals surface area (Å²) < 4.78 is 51.5. The van der Waals surface area contributed by atoms with Crippen molar-refractivity contribution in [2.45, 2.75) is 11.0 Å². The Morgan fingerprint density at radius 2 is 1.95 bits per heavy atom. The van der Waals surface area contributed by atoms with Gasteiger partial charge >= 0.3 is 12.1 Å². The lowest BCUT2D eigenvalue weighted by molar-refractivity contribution is -0.132. The zero-order valence-electron chi connectivity index (χ0n) is 10.7. The Bertz CT molecular complexity index is 476. The number of carbonyl (C=O) groups is 1. The Balaban J connectivity index is 2.83. The quantitative estimate of drug-likeness (QED) is 0.600. The molecule has 0 N–H and O–H groups in total. The third kappa shape index (κ3) is 4.29. The topological polar surface area (TPSA) is 44.8 Å². The zero-order valence-corrected chi connectivity index (χ0v) is 12.2. The van der Waals surface area contributed by atoms with E-state index < -0.39 is 23.6 Å². The predicted molar refractivity (Wildman–Crippen MR) is 68.6 cm³/mol. The fourth-order valence-corrected chi connectivity index (χ4v) is 1.42. The molecule has 0 radical (unpaired) electrons. The highest BCUT2D eigenvalue weighted by molar-refractivity contribution is 9.09. The Morgan fingerprint density at radius 1 is 1.30 bits per heavy atom. The largest absolute Gasteiger partial charge is 0.493 e. The first-order valence-electron chi connectivity index (χ1n) is 5.39. The van der Waals surface area contributed by atoms with Crippen LogP contribution in [0.2, 0.25) is 0 Å².